The Balaban J connectivity index is 1.30. The van der Waals surface area contributed by atoms with E-state index in [-0.39, 0.29) is 0 Å². The van der Waals surface area contributed by atoms with Gasteiger partial charge in [-0.25, -0.2) is 0 Å². The summed E-state index contributed by atoms with van der Waals surface area (Å²) in [6.45, 7) is 0. The third-order valence-electron chi connectivity index (χ3n) is 9.98. The number of fused-ring (bicyclic) bond motifs is 14. The number of rotatable bonds is 1. The van der Waals surface area contributed by atoms with Gasteiger partial charge >= 0.3 is 0 Å². The molecule has 8 aromatic carbocycles. The number of hydrogen-bond donors (Lipinski definition) is 0. The molecule has 0 saturated carbocycles. The van der Waals surface area contributed by atoms with Crippen molar-refractivity contribution in [2.24, 2.45) is 0 Å². The lowest BCUT2D eigenvalue weighted by atomic mass is 10.0. The van der Waals surface area contributed by atoms with E-state index in [1.54, 1.807) is 0 Å². The fourth-order valence-corrected chi connectivity index (χ4v) is 8.11. The first-order chi connectivity index (χ1) is 21.8. The number of benzene rings is 8. The second-order valence-corrected chi connectivity index (χ2v) is 12.2. The van der Waals surface area contributed by atoms with E-state index in [4.69, 9.17) is 0 Å². The van der Waals surface area contributed by atoms with Gasteiger partial charge in [0, 0.05) is 43.4 Å². The Kier molecular flexibility index (Phi) is 4.10. The molecule has 44 heavy (non-hydrogen) atoms. The Labute approximate surface area is 251 Å². The molecule has 0 atom stereocenters. The Morgan fingerprint density at radius 2 is 0.886 bits per heavy atom. The smallest absolute Gasteiger partial charge is 0.0620 e. The van der Waals surface area contributed by atoms with Crippen LogP contribution in [0.1, 0.15) is 0 Å². The van der Waals surface area contributed by atoms with Gasteiger partial charge in [0.15, 0.2) is 0 Å². The minimum Gasteiger partial charge on any atom is -0.309 e. The van der Waals surface area contributed by atoms with Crippen LogP contribution in [0.3, 0.4) is 0 Å². The standard InChI is InChI=1S/C42H24N2/c1-2-9-29-25(8-1)16-17-26-22-28(19-21-30(26)29)43-38-14-5-3-11-32(38)35-20-18-27-23-40-37(24-36(27)42(35)43)34-13-7-12-33-31-10-4-6-15-39(31)44(40)41(33)34/h1-24H. The molecule has 0 spiro atoms. The molecule has 11 rings (SSSR count). The van der Waals surface area contributed by atoms with Crippen LogP contribution in [0.2, 0.25) is 0 Å². The van der Waals surface area contributed by atoms with Gasteiger partial charge in [0.2, 0.25) is 0 Å². The maximum Gasteiger partial charge on any atom is 0.0620 e. The molecule has 0 saturated heterocycles. The van der Waals surface area contributed by atoms with E-state index >= 15 is 0 Å². The number of hydrogen-bond acceptors (Lipinski definition) is 0. The lowest BCUT2D eigenvalue weighted by molar-refractivity contribution is 1.19. The summed E-state index contributed by atoms with van der Waals surface area (Å²) in [6.07, 6.45) is 0. The first-order valence-electron chi connectivity index (χ1n) is 15.3. The van der Waals surface area contributed by atoms with Crippen LogP contribution in [-0.2, 0) is 0 Å². The summed E-state index contributed by atoms with van der Waals surface area (Å²) in [5, 5.41) is 15.5. The maximum atomic E-state index is 2.49. The molecule has 3 aromatic heterocycles. The second-order valence-electron chi connectivity index (χ2n) is 12.2. The van der Waals surface area contributed by atoms with Gasteiger partial charge < -0.3 is 8.97 Å². The Bertz CT molecular complexity index is 2990. The molecule has 2 heteroatoms. The molecule has 2 nitrogen and oxygen atoms in total. The summed E-state index contributed by atoms with van der Waals surface area (Å²) < 4.78 is 4.96. The van der Waals surface area contributed by atoms with E-state index in [2.05, 4.69) is 155 Å². The largest absolute Gasteiger partial charge is 0.309 e. The van der Waals surface area contributed by atoms with Crippen molar-refractivity contribution in [2.45, 2.75) is 0 Å². The predicted octanol–water partition coefficient (Wildman–Crippen LogP) is 11.4. The minimum atomic E-state index is 1.19. The highest BCUT2D eigenvalue weighted by molar-refractivity contribution is 6.27. The van der Waals surface area contributed by atoms with Crippen LogP contribution in [-0.4, -0.2) is 8.97 Å². The SMILES string of the molecule is c1ccc2c(c1)ccc1cc(-n3c4ccccc4c4ccc5cc6c(cc5c43)c3cccc4c5ccccc5n6c43)ccc12. The monoisotopic (exact) mass is 556 g/mol. The molecular weight excluding hydrogens is 532 g/mol. The van der Waals surface area contributed by atoms with Gasteiger partial charge in [0.25, 0.3) is 0 Å². The van der Waals surface area contributed by atoms with Crippen LogP contribution in [0.4, 0.5) is 0 Å². The van der Waals surface area contributed by atoms with Gasteiger partial charge in [0.1, 0.15) is 0 Å². The van der Waals surface area contributed by atoms with Gasteiger partial charge in [0.05, 0.1) is 27.6 Å². The third kappa shape index (κ3) is 2.72. The molecular formula is C42H24N2. The van der Waals surface area contributed by atoms with Crippen molar-refractivity contribution in [1.82, 2.24) is 8.97 Å². The highest BCUT2D eigenvalue weighted by Gasteiger charge is 2.20. The van der Waals surface area contributed by atoms with Crippen molar-refractivity contribution in [3.8, 4) is 5.69 Å². The van der Waals surface area contributed by atoms with Gasteiger partial charge in [-0.2, -0.15) is 0 Å². The topological polar surface area (TPSA) is 9.34 Å². The van der Waals surface area contributed by atoms with Crippen molar-refractivity contribution in [3.63, 3.8) is 0 Å². The van der Waals surface area contributed by atoms with Crippen LogP contribution >= 0.6 is 0 Å². The lowest BCUT2D eigenvalue weighted by Crippen LogP contribution is -1.95. The van der Waals surface area contributed by atoms with Crippen LogP contribution in [0.5, 0.6) is 0 Å². The quantitative estimate of drug-likeness (QED) is 0.178. The Morgan fingerprint density at radius 3 is 1.77 bits per heavy atom. The summed E-state index contributed by atoms with van der Waals surface area (Å²) in [4.78, 5) is 0. The van der Waals surface area contributed by atoms with E-state index in [0.29, 0.717) is 0 Å². The van der Waals surface area contributed by atoms with Crippen molar-refractivity contribution in [1.29, 1.82) is 0 Å². The van der Waals surface area contributed by atoms with Gasteiger partial charge in [-0.05, 0) is 63.3 Å². The van der Waals surface area contributed by atoms with E-state index in [1.807, 2.05) is 0 Å². The van der Waals surface area contributed by atoms with Crippen LogP contribution in [0, 0.1) is 0 Å². The zero-order chi connectivity index (χ0) is 28.5. The minimum absolute atomic E-state index is 1.19. The third-order valence-corrected chi connectivity index (χ3v) is 9.98. The lowest BCUT2D eigenvalue weighted by Gasteiger charge is -2.12. The zero-order valence-corrected chi connectivity index (χ0v) is 23.8. The molecule has 0 radical (unpaired) electrons. The average Bonchev–Trinajstić information content (AvgIpc) is 3.72. The first-order valence-corrected chi connectivity index (χ1v) is 15.3. The maximum absolute atomic E-state index is 2.49. The molecule has 0 aliphatic rings. The van der Waals surface area contributed by atoms with E-state index in [0.717, 1.165) is 0 Å². The molecule has 3 heterocycles. The zero-order valence-electron chi connectivity index (χ0n) is 23.8. The molecule has 11 aromatic rings. The van der Waals surface area contributed by atoms with E-state index in [9.17, 15) is 0 Å². The van der Waals surface area contributed by atoms with Crippen LogP contribution < -0.4 is 0 Å². The van der Waals surface area contributed by atoms with E-state index < -0.39 is 0 Å². The molecule has 202 valence electrons. The van der Waals surface area contributed by atoms with Crippen LogP contribution in [0.25, 0.3) is 97.9 Å². The highest BCUT2D eigenvalue weighted by Crippen LogP contribution is 2.43. The number of nitrogens with zero attached hydrogens (tertiary/aromatic N) is 2. The molecule has 0 aliphatic heterocycles. The average molecular weight is 557 g/mol. The normalized spacial score (nSPS) is 12.5. The molecule has 0 amide bonds. The summed E-state index contributed by atoms with van der Waals surface area (Å²) in [5.41, 5.74) is 7.54. The molecule has 0 fully saturated rings. The summed E-state index contributed by atoms with van der Waals surface area (Å²) in [5.74, 6) is 0. The van der Waals surface area contributed by atoms with Gasteiger partial charge in [-0.15, -0.1) is 0 Å². The summed E-state index contributed by atoms with van der Waals surface area (Å²) in [6, 6.07) is 54.0. The fourth-order valence-electron chi connectivity index (χ4n) is 8.11. The first kappa shape index (κ1) is 22.7. The highest BCUT2D eigenvalue weighted by atomic mass is 15.0. The van der Waals surface area contributed by atoms with Crippen molar-refractivity contribution in [2.75, 3.05) is 0 Å². The Morgan fingerprint density at radius 1 is 0.295 bits per heavy atom. The molecule has 0 aliphatic carbocycles. The van der Waals surface area contributed by atoms with E-state index in [1.165, 1.54) is 97.9 Å². The molecule has 0 N–H and O–H groups in total. The fraction of sp³-hybridized carbons (Fsp3) is 0. The van der Waals surface area contributed by atoms with Gasteiger partial charge in [-0.1, -0.05) is 109 Å². The van der Waals surface area contributed by atoms with Crippen molar-refractivity contribution >= 4 is 92.2 Å². The number of para-hydroxylation sites is 3. The molecule has 0 unspecified atom stereocenters. The van der Waals surface area contributed by atoms with Crippen LogP contribution in [0.15, 0.2) is 146 Å². The van der Waals surface area contributed by atoms with Crippen molar-refractivity contribution in [3.05, 3.63) is 146 Å². The second kappa shape index (κ2) is 7.94. The Hall–Kier alpha value is -5.86. The predicted molar refractivity (Wildman–Crippen MR) is 188 cm³/mol. The molecule has 0 bridgehead atoms. The summed E-state index contributed by atoms with van der Waals surface area (Å²) >= 11 is 0. The summed E-state index contributed by atoms with van der Waals surface area (Å²) in [7, 11) is 0. The number of aromatic nitrogens is 2. The van der Waals surface area contributed by atoms with Gasteiger partial charge in [-0.3, -0.25) is 0 Å². The van der Waals surface area contributed by atoms with Crippen molar-refractivity contribution < 1.29 is 0 Å².